The van der Waals surface area contributed by atoms with Crippen LogP contribution in [0.3, 0.4) is 0 Å². The summed E-state index contributed by atoms with van der Waals surface area (Å²) in [5, 5.41) is 0. The van der Waals surface area contributed by atoms with Crippen molar-refractivity contribution < 1.29 is 9.63 Å². The van der Waals surface area contributed by atoms with Gasteiger partial charge in [0.05, 0.1) is 12.0 Å². The second kappa shape index (κ2) is 4.62. The van der Waals surface area contributed by atoms with Crippen LogP contribution in [0.5, 0.6) is 5.75 Å². The van der Waals surface area contributed by atoms with Gasteiger partial charge in [0.25, 0.3) is 0 Å². The van der Waals surface area contributed by atoms with Crippen LogP contribution < -0.4 is 10.3 Å². The fourth-order valence-electron chi connectivity index (χ4n) is 1.86. The monoisotopic (exact) mass is 259 g/mol. The first-order valence-corrected chi connectivity index (χ1v) is 5.81. The standard InChI is InChI=1S/C11H11Cl2NO2/c1-6-9(10(15)11(12)13)7-4-2-3-5-8(7)16-14-6/h2-6,9,11,14H,1H3. The molecule has 0 saturated heterocycles. The number of fused-ring (bicyclic) bond motifs is 1. The molecule has 0 aromatic heterocycles. The number of hydrogen-bond donors (Lipinski definition) is 1. The minimum atomic E-state index is -1.01. The molecule has 0 fully saturated rings. The number of alkyl halides is 2. The Balaban J connectivity index is 2.40. The molecule has 0 amide bonds. The highest BCUT2D eigenvalue weighted by Gasteiger charge is 2.35. The summed E-state index contributed by atoms with van der Waals surface area (Å²) in [5.41, 5.74) is 3.61. The molecule has 0 aliphatic carbocycles. The predicted molar refractivity (Wildman–Crippen MR) is 62.9 cm³/mol. The van der Waals surface area contributed by atoms with Crippen LogP contribution in [-0.2, 0) is 4.79 Å². The molecule has 1 heterocycles. The van der Waals surface area contributed by atoms with Crippen molar-refractivity contribution >= 4 is 29.0 Å². The number of rotatable bonds is 2. The Bertz CT molecular complexity index is 409. The van der Waals surface area contributed by atoms with Crippen molar-refractivity contribution in [1.29, 1.82) is 0 Å². The molecular formula is C11H11Cl2NO2. The topological polar surface area (TPSA) is 38.3 Å². The third kappa shape index (κ3) is 2.03. The van der Waals surface area contributed by atoms with Crippen LogP contribution in [0, 0.1) is 0 Å². The Hall–Kier alpha value is -0.770. The number of ketones is 1. The lowest BCUT2D eigenvalue weighted by Gasteiger charge is -2.30. The molecule has 86 valence electrons. The zero-order valence-corrected chi connectivity index (χ0v) is 10.1. The summed E-state index contributed by atoms with van der Waals surface area (Å²) < 4.78 is 0. The Morgan fingerprint density at radius 1 is 1.44 bits per heavy atom. The summed E-state index contributed by atoms with van der Waals surface area (Å²) in [6.45, 7) is 1.86. The maximum atomic E-state index is 11.9. The van der Waals surface area contributed by atoms with Crippen molar-refractivity contribution in [3.8, 4) is 5.75 Å². The summed E-state index contributed by atoms with van der Waals surface area (Å²) in [6.07, 6.45) is 0. The predicted octanol–water partition coefficient (Wildman–Crippen LogP) is 2.43. The minimum absolute atomic E-state index is 0.151. The van der Waals surface area contributed by atoms with Gasteiger partial charge in [0, 0.05) is 5.56 Å². The van der Waals surface area contributed by atoms with E-state index in [1.165, 1.54) is 0 Å². The molecule has 1 N–H and O–H groups in total. The normalized spacial score (nSPS) is 23.8. The van der Waals surface area contributed by atoms with E-state index in [0.717, 1.165) is 5.56 Å². The number of Topliss-reactive ketones (excluding diaryl/α,β-unsaturated/α-hetero) is 1. The Morgan fingerprint density at radius 3 is 2.81 bits per heavy atom. The van der Waals surface area contributed by atoms with E-state index in [2.05, 4.69) is 5.48 Å². The van der Waals surface area contributed by atoms with Gasteiger partial charge < -0.3 is 4.84 Å². The SMILES string of the molecule is CC1NOc2ccccc2C1C(=O)C(Cl)Cl. The van der Waals surface area contributed by atoms with E-state index in [0.29, 0.717) is 5.75 Å². The van der Waals surface area contributed by atoms with E-state index in [4.69, 9.17) is 28.0 Å². The maximum absolute atomic E-state index is 11.9. The van der Waals surface area contributed by atoms with Gasteiger partial charge in [-0.2, -0.15) is 5.48 Å². The van der Waals surface area contributed by atoms with E-state index in [1.54, 1.807) is 6.07 Å². The van der Waals surface area contributed by atoms with Crippen LogP contribution in [0.4, 0.5) is 0 Å². The number of para-hydroxylation sites is 1. The van der Waals surface area contributed by atoms with E-state index < -0.39 is 4.84 Å². The van der Waals surface area contributed by atoms with Gasteiger partial charge in [-0.05, 0) is 13.0 Å². The van der Waals surface area contributed by atoms with Crippen LogP contribution >= 0.6 is 23.2 Å². The van der Waals surface area contributed by atoms with Gasteiger partial charge in [0.2, 0.25) is 0 Å². The van der Waals surface area contributed by atoms with Crippen molar-refractivity contribution in [3.05, 3.63) is 29.8 Å². The van der Waals surface area contributed by atoms with Gasteiger partial charge in [-0.1, -0.05) is 41.4 Å². The molecule has 0 bridgehead atoms. The lowest BCUT2D eigenvalue weighted by Crippen LogP contribution is -2.43. The number of benzene rings is 1. The lowest BCUT2D eigenvalue weighted by molar-refractivity contribution is -0.120. The van der Waals surface area contributed by atoms with Crippen LogP contribution in [-0.4, -0.2) is 16.7 Å². The van der Waals surface area contributed by atoms with Gasteiger partial charge >= 0.3 is 0 Å². The Morgan fingerprint density at radius 2 is 2.12 bits per heavy atom. The quantitative estimate of drug-likeness (QED) is 0.830. The highest BCUT2D eigenvalue weighted by atomic mass is 35.5. The van der Waals surface area contributed by atoms with Crippen LogP contribution in [0.15, 0.2) is 24.3 Å². The van der Waals surface area contributed by atoms with Crippen molar-refractivity contribution in [2.24, 2.45) is 0 Å². The molecule has 5 heteroatoms. The average molecular weight is 260 g/mol. The first-order valence-electron chi connectivity index (χ1n) is 4.94. The molecule has 0 saturated carbocycles. The average Bonchev–Trinajstić information content (AvgIpc) is 2.28. The molecule has 3 nitrogen and oxygen atoms in total. The summed E-state index contributed by atoms with van der Waals surface area (Å²) in [6, 6.07) is 7.20. The van der Waals surface area contributed by atoms with Gasteiger partial charge in [-0.3, -0.25) is 4.79 Å². The third-order valence-corrected chi connectivity index (χ3v) is 3.06. The van der Waals surface area contributed by atoms with E-state index in [9.17, 15) is 4.79 Å². The summed E-state index contributed by atoms with van der Waals surface area (Å²) in [5.74, 6) is 0.0666. The molecule has 1 aliphatic heterocycles. The lowest BCUT2D eigenvalue weighted by atomic mass is 9.88. The third-order valence-electron chi connectivity index (χ3n) is 2.63. The summed E-state index contributed by atoms with van der Waals surface area (Å²) in [7, 11) is 0. The Labute approximate surface area is 104 Å². The first kappa shape index (κ1) is 11.7. The number of carbonyl (C=O) groups is 1. The first-order chi connectivity index (χ1) is 7.61. The largest absolute Gasteiger partial charge is 0.408 e. The van der Waals surface area contributed by atoms with Crippen LogP contribution in [0.25, 0.3) is 0 Å². The van der Waals surface area contributed by atoms with Gasteiger partial charge in [0.1, 0.15) is 0 Å². The Kier molecular flexibility index (Phi) is 3.38. The highest BCUT2D eigenvalue weighted by Crippen LogP contribution is 2.34. The summed E-state index contributed by atoms with van der Waals surface area (Å²) >= 11 is 11.3. The van der Waals surface area contributed by atoms with E-state index >= 15 is 0 Å². The molecule has 1 aliphatic rings. The van der Waals surface area contributed by atoms with Crippen LogP contribution in [0.2, 0.25) is 0 Å². The van der Waals surface area contributed by atoms with Crippen LogP contribution in [0.1, 0.15) is 18.4 Å². The van der Waals surface area contributed by atoms with Crippen molar-refractivity contribution in [1.82, 2.24) is 5.48 Å². The fourth-order valence-corrected chi connectivity index (χ4v) is 2.13. The highest BCUT2D eigenvalue weighted by molar-refractivity contribution is 6.54. The van der Waals surface area contributed by atoms with Gasteiger partial charge in [-0.15, -0.1) is 0 Å². The molecule has 2 atom stereocenters. The van der Waals surface area contributed by atoms with Gasteiger partial charge in [-0.25, -0.2) is 0 Å². The zero-order chi connectivity index (χ0) is 11.7. The van der Waals surface area contributed by atoms with Crippen molar-refractivity contribution in [2.45, 2.75) is 23.7 Å². The number of hydrogen-bond acceptors (Lipinski definition) is 3. The number of nitrogens with one attached hydrogen (secondary N) is 1. The maximum Gasteiger partial charge on any atom is 0.174 e. The van der Waals surface area contributed by atoms with E-state index in [-0.39, 0.29) is 17.7 Å². The molecule has 1 aromatic carbocycles. The number of halogens is 2. The second-order valence-electron chi connectivity index (χ2n) is 3.73. The number of carbonyl (C=O) groups excluding carboxylic acids is 1. The second-order valence-corrected chi connectivity index (χ2v) is 4.82. The van der Waals surface area contributed by atoms with Crippen molar-refractivity contribution in [2.75, 3.05) is 0 Å². The molecule has 16 heavy (non-hydrogen) atoms. The van der Waals surface area contributed by atoms with Gasteiger partial charge in [0.15, 0.2) is 16.4 Å². The van der Waals surface area contributed by atoms with Crippen molar-refractivity contribution in [3.63, 3.8) is 0 Å². The smallest absolute Gasteiger partial charge is 0.174 e. The van der Waals surface area contributed by atoms with E-state index in [1.807, 2.05) is 25.1 Å². The number of hydroxylamine groups is 1. The summed E-state index contributed by atoms with van der Waals surface area (Å²) in [4.78, 5) is 16.2. The molecule has 2 unspecified atom stereocenters. The molecule has 0 radical (unpaired) electrons. The minimum Gasteiger partial charge on any atom is -0.408 e. The molecule has 0 spiro atoms. The zero-order valence-electron chi connectivity index (χ0n) is 8.61. The fraction of sp³-hybridized carbons (Fsp3) is 0.364. The molecular weight excluding hydrogens is 249 g/mol. The molecule has 1 aromatic rings. The molecule has 2 rings (SSSR count).